The summed E-state index contributed by atoms with van der Waals surface area (Å²) in [5.41, 5.74) is 0.254. The van der Waals surface area contributed by atoms with Gasteiger partial charge in [0.25, 0.3) is 5.91 Å². The lowest BCUT2D eigenvalue weighted by Gasteiger charge is -2.32. The minimum absolute atomic E-state index is 0.139. The number of carboxylic acid groups (broad SMARTS) is 1. The van der Waals surface area contributed by atoms with Gasteiger partial charge in [0.1, 0.15) is 17.8 Å². The maximum absolute atomic E-state index is 13.1. The molecule has 144 valence electrons. The quantitative estimate of drug-likeness (QED) is 0.796. The van der Waals surface area contributed by atoms with Crippen LogP contribution in [0.3, 0.4) is 0 Å². The number of rotatable bonds is 3. The number of nitrogens with zero attached hydrogens (tertiary/aromatic N) is 2. The monoisotopic (exact) mass is 379 g/mol. The lowest BCUT2D eigenvalue weighted by atomic mass is 10.0. The molecule has 2 amide bonds. The summed E-state index contributed by atoms with van der Waals surface area (Å²) in [6.07, 6.45) is 7.46. The van der Waals surface area contributed by atoms with Gasteiger partial charge < -0.3 is 15.3 Å². The van der Waals surface area contributed by atoms with Crippen LogP contribution in [-0.2, 0) is 9.59 Å². The first kappa shape index (κ1) is 18.2. The van der Waals surface area contributed by atoms with E-state index in [9.17, 15) is 19.5 Å². The Balaban J connectivity index is 1.61. The van der Waals surface area contributed by atoms with Crippen LogP contribution in [0.25, 0.3) is 10.8 Å². The van der Waals surface area contributed by atoms with E-state index in [1.54, 1.807) is 6.20 Å². The van der Waals surface area contributed by atoms with Gasteiger partial charge in [-0.25, -0.2) is 4.79 Å². The van der Waals surface area contributed by atoms with Crippen molar-refractivity contribution in [3.8, 4) is 0 Å². The zero-order valence-corrected chi connectivity index (χ0v) is 15.2. The second-order valence-corrected chi connectivity index (χ2v) is 7.18. The van der Waals surface area contributed by atoms with Crippen LogP contribution in [0, 0.1) is 0 Å². The highest BCUT2D eigenvalue weighted by atomic mass is 16.4. The van der Waals surface area contributed by atoms with Crippen LogP contribution in [0.2, 0.25) is 0 Å². The number of carbonyl (C=O) groups is 3. The molecule has 0 unspecified atom stereocenters. The van der Waals surface area contributed by atoms with Crippen LogP contribution in [0.15, 0.2) is 48.7 Å². The van der Waals surface area contributed by atoms with Crippen LogP contribution < -0.4 is 5.32 Å². The van der Waals surface area contributed by atoms with Gasteiger partial charge in [-0.05, 0) is 37.1 Å². The average molecular weight is 379 g/mol. The zero-order valence-electron chi connectivity index (χ0n) is 15.2. The van der Waals surface area contributed by atoms with Gasteiger partial charge in [-0.3, -0.25) is 14.6 Å². The van der Waals surface area contributed by atoms with Gasteiger partial charge in [-0.2, -0.15) is 0 Å². The van der Waals surface area contributed by atoms with E-state index < -0.39 is 24.0 Å². The van der Waals surface area contributed by atoms with Crippen molar-refractivity contribution >= 4 is 28.6 Å². The van der Waals surface area contributed by atoms with Crippen molar-refractivity contribution in [3.05, 3.63) is 54.4 Å². The van der Waals surface area contributed by atoms with E-state index in [2.05, 4.69) is 10.3 Å². The molecule has 2 aliphatic rings. The van der Waals surface area contributed by atoms with Gasteiger partial charge in [0.05, 0.1) is 0 Å². The predicted molar refractivity (Wildman–Crippen MR) is 103 cm³/mol. The minimum atomic E-state index is -0.999. The first-order chi connectivity index (χ1) is 13.6. The van der Waals surface area contributed by atoms with Crippen molar-refractivity contribution in [2.24, 2.45) is 0 Å². The maximum atomic E-state index is 13.1. The highest BCUT2D eigenvalue weighted by molar-refractivity contribution is 6.06. The van der Waals surface area contributed by atoms with Crippen molar-refractivity contribution < 1.29 is 19.5 Å². The summed E-state index contributed by atoms with van der Waals surface area (Å²) < 4.78 is 0. The third-order valence-electron chi connectivity index (χ3n) is 5.48. The van der Waals surface area contributed by atoms with E-state index >= 15 is 0 Å². The number of aliphatic carboxylic acids is 1. The summed E-state index contributed by atoms with van der Waals surface area (Å²) in [5.74, 6) is -1.78. The Hall–Kier alpha value is -3.22. The van der Waals surface area contributed by atoms with Crippen molar-refractivity contribution in [1.29, 1.82) is 0 Å². The molecule has 2 aromatic rings. The number of carboxylic acids is 1. The summed E-state index contributed by atoms with van der Waals surface area (Å²) in [5, 5.41) is 13.9. The van der Waals surface area contributed by atoms with E-state index in [0.29, 0.717) is 31.1 Å². The van der Waals surface area contributed by atoms with E-state index in [1.807, 2.05) is 42.5 Å². The number of hydrogen-bond acceptors (Lipinski definition) is 4. The number of benzene rings is 1. The third-order valence-corrected chi connectivity index (χ3v) is 5.48. The number of hydrogen-bond donors (Lipinski definition) is 2. The van der Waals surface area contributed by atoms with Crippen molar-refractivity contribution in [2.75, 3.05) is 0 Å². The molecule has 2 N–H and O–H groups in total. The summed E-state index contributed by atoms with van der Waals surface area (Å²) in [7, 11) is 0. The van der Waals surface area contributed by atoms with E-state index in [0.717, 1.165) is 5.39 Å². The van der Waals surface area contributed by atoms with Gasteiger partial charge >= 0.3 is 5.97 Å². The van der Waals surface area contributed by atoms with E-state index in [4.69, 9.17) is 0 Å². The van der Waals surface area contributed by atoms with Crippen LogP contribution in [0.1, 0.15) is 36.2 Å². The molecule has 3 atom stereocenters. The fourth-order valence-corrected chi connectivity index (χ4v) is 4.10. The predicted octanol–water partition coefficient (Wildman–Crippen LogP) is 2.13. The van der Waals surface area contributed by atoms with Gasteiger partial charge in [0.15, 0.2) is 0 Å². The minimum Gasteiger partial charge on any atom is -0.480 e. The lowest BCUT2D eigenvalue weighted by Crippen LogP contribution is -2.54. The molecule has 1 aromatic heterocycles. The first-order valence-corrected chi connectivity index (χ1v) is 9.41. The number of amides is 2. The van der Waals surface area contributed by atoms with Crippen molar-refractivity contribution in [3.63, 3.8) is 0 Å². The van der Waals surface area contributed by atoms with Crippen molar-refractivity contribution in [2.45, 2.75) is 43.8 Å². The summed E-state index contributed by atoms with van der Waals surface area (Å²) in [6, 6.07) is 7.45. The highest BCUT2D eigenvalue weighted by Crippen LogP contribution is 2.29. The number of aromatic nitrogens is 1. The Morgan fingerprint density at radius 1 is 1.11 bits per heavy atom. The van der Waals surface area contributed by atoms with Crippen molar-refractivity contribution in [1.82, 2.24) is 15.2 Å². The van der Waals surface area contributed by atoms with Crippen LogP contribution in [-0.4, -0.2) is 50.9 Å². The lowest BCUT2D eigenvalue weighted by molar-refractivity contribution is -0.150. The third kappa shape index (κ3) is 3.24. The van der Waals surface area contributed by atoms with E-state index in [-0.39, 0.29) is 17.6 Å². The zero-order chi connectivity index (χ0) is 19.7. The topological polar surface area (TPSA) is 99.6 Å². The molecule has 0 saturated carbocycles. The van der Waals surface area contributed by atoms with Crippen LogP contribution in [0.4, 0.5) is 0 Å². The second-order valence-electron chi connectivity index (χ2n) is 7.18. The Morgan fingerprint density at radius 2 is 1.89 bits per heavy atom. The Kier molecular flexibility index (Phi) is 4.81. The second kappa shape index (κ2) is 7.42. The normalized spacial score (nSPS) is 25.6. The number of carbonyl (C=O) groups excluding carboxylic acids is 2. The fraction of sp³-hybridized carbons (Fsp3) is 0.333. The first-order valence-electron chi connectivity index (χ1n) is 9.41. The molecule has 0 bridgehead atoms. The molecule has 3 heterocycles. The molecule has 1 fully saturated rings. The molecule has 7 nitrogen and oxygen atoms in total. The molecule has 28 heavy (non-hydrogen) atoms. The molecule has 0 aliphatic carbocycles. The van der Waals surface area contributed by atoms with E-state index in [1.165, 1.54) is 4.90 Å². The summed E-state index contributed by atoms with van der Waals surface area (Å²) in [4.78, 5) is 43.3. The average Bonchev–Trinajstić information content (AvgIpc) is 3.11. The Labute approximate surface area is 162 Å². The largest absolute Gasteiger partial charge is 0.480 e. The molecule has 0 spiro atoms. The number of fused-ring (bicyclic) bond motifs is 2. The molecule has 7 heteroatoms. The van der Waals surface area contributed by atoms with Gasteiger partial charge in [-0.1, -0.05) is 36.4 Å². The van der Waals surface area contributed by atoms with Gasteiger partial charge in [0, 0.05) is 17.6 Å². The summed E-state index contributed by atoms with van der Waals surface area (Å²) >= 11 is 0. The van der Waals surface area contributed by atoms with Gasteiger partial charge in [-0.15, -0.1) is 0 Å². The van der Waals surface area contributed by atoms with Gasteiger partial charge in [0.2, 0.25) is 5.91 Å². The molecule has 4 rings (SSSR count). The highest BCUT2D eigenvalue weighted by Gasteiger charge is 2.43. The smallest absolute Gasteiger partial charge is 0.326 e. The Morgan fingerprint density at radius 3 is 2.71 bits per heavy atom. The summed E-state index contributed by atoms with van der Waals surface area (Å²) in [6.45, 7) is 0. The number of nitrogens with one attached hydrogen (secondary N) is 1. The Bertz CT molecular complexity index is 966. The number of pyridine rings is 1. The standard InChI is InChI=1S/C21H21N3O4/c25-19(18-15-7-3-1-5-13(15)11-12-22-18)23-16-8-4-2-6-14-9-10-17(21(27)28)24(14)20(16)26/h1-5,7,11-12,14,16-17H,6,8-10H2,(H,23,25)(H,27,28)/b4-2-/t14-,16+,17+/m1/s1. The molecule has 1 aromatic carbocycles. The fourth-order valence-electron chi connectivity index (χ4n) is 4.10. The van der Waals surface area contributed by atoms with Crippen LogP contribution >= 0.6 is 0 Å². The van der Waals surface area contributed by atoms with Crippen LogP contribution in [0.5, 0.6) is 0 Å². The molecule has 2 aliphatic heterocycles. The molecule has 0 radical (unpaired) electrons. The maximum Gasteiger partial charge on any atom is 0.326 e. The molecule has 1 saturated heterocycles. The SMILES string of the molecule is O=C(N[C@H]1C/C=C\C[C@@H]2CC[C@@H](C(=O)O)N2C1=O)c1nccc2ccccc12. The molecular weight excluding hydrogens is 358 g/mol. The molecular formula is C21H21N3O4.